The van der Waals surface area contributed by atoms with Crippen molar-refractivity contribution in [2.24, 2.45) is 0 Å². The van der Waals surface area contributed by atoms with Gasteiger partial charge in [-0.25, -0.2) is 0 Å². The molecule has 3 rings (SSSR count). The van der Waals surface area contributed by atoms with Crippen LogP contribution in [0.25, 0.3) is 10.1 Å². The predicted octanol–water partition coefficient (Wildman–Crippen LogP) is 3.57. The molecule has 0 aliphatic carbocycles. The third-order valence-electron chi connectivity index (χ3n) is 3.16. The minimum atomic E-state index is -0.192. The van der Waals surface area contributed by atoms with Crippen LogP contribution in [0.3, 0.4) is 0 Å². The number of thiophene rings is 1. The van der Waals surface area contributed by atoms with Gasteiger partial charge in [0.15, 0.2) is 0 Å². The molecular formula is C15H14N2O2S. The van der Waals surface area contributed by atoms with Crippen molar-refractivity contribution in [2.45, 2.75) is 13.0 Å². The SMILES string of the molecule is CC(NC(=O)c1sc2ccccc2c1N)c1ccco1. The lowest BCUT2D eigenvalue weighted by molar-refractivity contribution is 0.0940. The number of fused-ring (bicyclic) bond motifs is 1. The largest absolute Gasteiger partial charge is 0.467 e. The Hall–Kier alpha value is -2.27. The second-order valence-electron chi connectivity index (χ2n) is 4.55. The molecule has 0 fully saturated rings. The Morgan fingerprint density at radius 2 is 2.10 bits per heavy atom. The normalized spacial score (nSPS) is 12.4. The van der Waals surface area contributed by atoms with E-state index in [1.165, 1.54) is 11.3 Å². The number of nitrogens with one attached hydrogen (secondary N) is 1. The number of rotatable bonds is 3. The molecule has 0 bridgehead atoms. The zero-order chi connectivity index (χ0) is 14.1. The van der Waals surface area contributed by atoms with Gasteiger partial charge in [-0.3, -0.25) is 4.79 Å². The first-order valence-electron chi connectivity index (χ1n) is 6.28. The van der Waals surface area contributed by atoms with Crippen LogP contribution in [0.5, 0.6) is 0 Å². The molecule has 5 heteroatoms. The van der Waals surface area contributed by atoms with Crippen molar-refractivity contribution < 1.29 is 9.21 Å². The highest BCUT2D eigenvalue weighted by atomic mass is 32.1. The number of anilines is 1. The van der Waals surface area contributed by atoms with Crippen molar-refractivity contribution in [1.29, 1.82) is 0 Å². The molecule has 0 aliphatic rings. The molecule has 2 heterocycles. The Kier molecular flexibility index (Phi) is 3.20. The standard InChI is InChI=1S/C15H14N2O2S/c1-9(11-6-4-8-19-11)17-15(18)14-13(16)10-5-2-3-7-12(10)20-14/h2-9H,16H2,1H3,(H,17,18). The molecule has 0 spiro atoms. The van der Waals surface area contributed by atoms with E-state index in [2.05, 4.69) is 5.32 Å². The monoisotopic (exact) mass is 286 g/mol. The Balaban J connectivity index is 1.87. The number of carbonyl (C=O) groups is 1. The zero-order valence-electron chi connectivity index (χ0n) is 10.9. The fourth-order valence-corrected chi connectivity index (χ4v) is 3.13. The predicted molar refractivity (Wildman–Crippen MR) is 80.8 cm³/mol. The van der Waals surface area contributed by atoms with E-state index in [0.717, 1.165) is 15.8 Å². The van der Waals surface area contributed by atoms with Gasteiger partial charge < -0.3 is 15.5 Å². The maximum absolute atomic E-state index is 12.3. The summed E-state index contributed by atoms with van der Waals surface area (Å²) in [5.74, 6) is 0.547. The van der Waals surface area contributed by atoms with Crippen LogP contribution in [0.1, 0.15) is 28.4 Å². The van der Waals surface area contributed by atoms with Crippen LogP contribution >= 0.6 is 11.3 Å². The van der Waals surface area contributed by atoms with Crippen LogP contribution in [-0.4, -0.2) is 5.91 Å². The Bertz CT molecular complexity index is 746. The lowest BCUT2D eigenvalue weighted by atomic mass is 10.2. The van der Waals surface area contributed by atoms with Gasteiger partial charge >= 0.3 is 0 Å². The number of hydrogen-bond acceptors (Lipinski definition) is 4. The van der Waals surface area contributed by atoms with Gasteiger partial charge in [-0.05, 0) is 25.1 Å². The van der Waals surface area contributed by atoms with Crippen molar-refractivity contribution in [3.8, 4) is 0 Å². The van der Waals surface area contributed by atoms with Crippen molar-refractivity contribution in [3.63, 3.8) is 0 Å². The molecule has 102 valence electrons. The molecule has 0 aliphatic heterocycles. The van der Waals surface area contributed by atoms with Gasteiger partial charge in [0, 0.05) is 10.1 Å². The van der Waals surface area contributed by atoms with Crippen molar-refractivity contribution in [2.75, 3.05) is 5.73 Å². The molecule has 3 aromatic rings. The molecule has 1 aromatic carbocycles. The van der Waals surface area contributed by atoms with Gasteiger partial charge in [0.05, 0.1) is 18.0 Å². The average molecular weight is 286 g/mol. The molecule has 3 N–H and O–H groups in total. The number of amides is 1. The Labute approximate surface area is 120 Å². The first kappa shape index (κ1) is 12.7. The van der Waals surface area contributed by atoms with Crippen LogP contribution in [0.4, 0.5) is 5.69 Å². The lowest BCUT2D eigenvalue weighted by Crippen LogP contribution is -2.26. The summed E-state index contributed by atoms with van der Waals surface area (Å²) in [6, 6.07) is 11.2. The van der Waals surface area contributed by atoms with E-state index in [-0.39, 0.29) is 11.9 Å². The molecule has 20 heavy (non-hydrogen) atoms. The topological polar surface area (TPSA) is 68.3 Å². The summed E-state index contributed by atoms with van der Waals surface area (Å²) in [7, 11) is 0. The van der Waals surface area contributed by atoms with E-state index in [0.29, 0.717) is 10.6 Å². The number of furan rings is 1. The van der Waals surface area contributed by atoms with Gasteiger partial charge in [-0.1, -0.05) is 18.2 Å². The summed E-state index contributed by atoms with van der Waals surface area (Å²) in [5.41, 5.74) is 6.60. The summed E-state index contributed by atoms with van der Waals surface area (Å²) >= 11 is 1.40. The van der Waals surface area contributed by atoms with E-state index < -0.39 is 0 Å². The molecule has 4 nitrogen and oxygen atoms in total. The first-order chi connectivity index (χ1) is 9.66. The summed E-state index contributed by atoms with van der Waals surface area (Å²) in [4.78, 5) is 12.9. The van der Waals surface area contributed by atoms with E-state index >= 15 is 0 Å². The molecule has 2 aromatic heterocycles. The van der Waals surface area contributed by atoms with E-state index in [1.807, 2.05) is 37.3 Å². The highest BCUT2D eigenvalue weighted by Gasteiger charge is 2.19. The van der Waals surface area contributed by atoms with Gasteiger partial charge in [0.2, 0.25) is 0 Å². The van der Waals surface area contributed by atoms with Crippen LogP contribution in [-0.2, 0) is 0 Å². The number of nitrogen functional groups attached to an aromatic ring is 1. The van der Waals surface area contributed by atoms with Gasteiger partial charge in [0.25, 0.3) is 5.91 Å². The van der Waals surface area contributed by atoms with Gasteiger partial charge in [-0.15, -0.1) is 11.3 Å². The first-order valence-corrected chi connectivity index (χ1v) is 7.09. The van der Waals surface area contributed by atoms with Crippen LogP contribution in [0.2, 0.25) is 0 Å². The second kappa shape index (κ2) is 5.02. The summed E-state index contributed by atoms with van der Waals surface area (Å²) < 4.78 is 6.29. The lowest BCUT2D eigenvalue weighted by Gasteiger charge is -2.10. The fourth-order valence-electron chi connectivity index (χ4n) is 2.11. The molecular weight excluding hydrogens is 272 g/mol. The smallest absolute Gasteiger partial charge is 0.264 e. The highest BCUT2D eigenvalue weighted by Crippen LogP contribution is 2.33. The molecule has 1 unspecified atom stereocenters. The molecule has 0 radical (unpaired) electrons. The van der Waals surface area contributed by atoms with Gasteiger partial charge in [0.1, 0.15) is 10.6 Å². The quantitative estimate of drug-likeness (QED) is 0.773. The minimum absolute atomic E-state index is 0.174. The van der Waals surface area contributed by atoms with Crippen molar-refractivity contribution >= 4 is 33.0 Å². The summed E-state index contributed by atoms with van der Waals surface area (Å²) in [6.45, 7) is 1.88. The maximum Gasteiger partial charge on any atom is 0.264 e. The van der Waals surface area contributed by atoms with Crippen molar-refractivity contribution in [1.82, 2.24) is 5.32 Å². The summed E-state index contributed by atoms with van der Waals surface area (Å²) in [5, 5.41) is 3.82. The Morgan fingerprint density at radius 1 is 1.30 bits per heavy atom. The fraction of sp³-hybridized carbons (Fsp3) is 0.133. The van der Waals surface area contributed by atoms with E-state index in [4.69, 9.17) is 10.2 Å². The van der Waals surface area contributed by atoms with Gasteiger partial charge in [-0.2, -0.15) is 0 Å². The number of benzene rings is 1. The third-order valence-corrected chi connectivity index (χ3v) is 4.34. The summed E-state index contributed by atoms with van der Waals surface area (Å²) in [6.07, 6.45) is 1.59. The number of hydrogen-bond donors (Lipinski definition) is 2. The highest BCUT2D eigenvalue weighted by molar-refractivity contribution is 7.21. The van der Waals surface area contributed by atoms with Crippen LogP contribution in [0.15, 0.2) is 47.1 Å². The van der Waals surface area contributed by atoms with Crippen LogP contribution < -0.4 is 11.1 Å². The van der Waals surface area contributed by atoms with Crippen LogP contribution in [0, 0.1) is 0 Å². The Morgan fingerprint density at radius 3 is 2.80 bits per heavy atom. The molecule has 0 saturated heterocycles. The zero-order valence-corrected chi connectivity index (χ0v) is 11.7. The maximum atomic E-state index is 12.3. The minimum Gasteiger partial charge on any atom is -0.467 e. The molecule has 1 atom stereocenters. The average Bonchev–Trinajstić information content (AvgIpc) is 3.07. The molecule has 0 saturated carbocycles. The number of carbonyl (C=O) groups excluding carboxylic acids is 1. The second-order valence-corrected chi connectivity index (χ2v) is 5.60. The van der Waals surface area contributed by atoms with Crippen molar-refractivity contribution in [3.05, 3.63) is 53.3 Å². The third kappa shape index (κ3) is 2.16. The number of nitrogens with two attached hydrogens (primary N) is 1. The van der Waals surface area contributed by atoms with E-state index in [1.54, 1.807) is 12.3 Å². The van der Waals surface area contributed by atoms with E-state index in [9.17, 15) is 4.79 Å². The molecule has 1 amide bonds.